The molecule has 0 unspecified atom stereocenters. The number of aliphatic imine (C=N–C) groups is 1. The second-order valence-corrected chi connectivity index (χ2v) is 6.05. The fraction of sp³-hybridized carbons (Fsp3) is 0.381. The zero-order valence-electron chi connectivity index (χ0n) is 17.5. The van der Waals surface area contributed by atoms with E-state index in [1.54, 1.807) is 40.3 Å². The first kappa shape index (κ1) is 23.1. The molecule has 0 saturated carbocycles. The Morgan fingerprint density at radius 2 is 1.73 bits per heavy atom. The first-order valence-corrected chi connectivity index (χ1v) is 9.36. The number of benzene rings is 2. The lowest BCUT2D eigenvalue weighted by Gasteiger charge is -2.16. The molecule has 0 aliphatic carbocycles. The molecule has 164 valence electrons. The van der Waals surface area contributed by atoms with E-state index in [9.17, 15) is 8.78 Å². The third-order valence-electron chi connectivity index (χ3n) is 4.15. The van der Waals surface area contributed by atoms with E-state index in [2.05, 4.69) is 20.4 Å². The summed E-state index contributed by atoms with van der Waals surface area (Å²) in [5.74, 6) is 2.25. The molecule has 0 aromatic heterocycles. The maximum atomic E-state index is 12.5. The first-order valence-electron chi connectivity index (χ1n) is 9.36. The Morgan fingerprint density at radius 1 is 0.967 bits per heavy atom. The van der Waals surface area contributed by atoms with Crippen LogP contribution >= 0.6 is 0 Å². The van der Waals surface area contributed by atoms with Crippen LogP contribution in [0.1, 0.15) is 18.1 Å². The summed E-state index contributed by atoms with van der Waals surface area (Å²) in [7, 11) is 4.86. The maximum absolute atomic E-state index is 12.5. The van der Waals surface area contributed by atoms with Crippen LogP contribution in [0.3, 0.4) is 0 Å². The topological polar surface area (TPSA) is 73.3 Å². The Morgan fingerprint density at radius 3 is 2.37 bits per heavy atom. The predicted octanol–water partition coefficient (Wildman–Crippen LogP) is 3.57. The molecule has 2 aromatic rings. The van der Waals surface area contributed by atoms with Crippen molar-refractivity contribution in [3.63, 3.8) is 0 Å². The highest BCUT2D eigenvalue weighted by Gasteiger charge is 2.12. The second-order valence-electron chi connectivity index (χ2n) is 6.05. The van der Waals surface area contributed by atoms with Crippen LogP contribution in [0.4, 0.5) is 8.78 Å². The van der Waals surface area contributed by atoms with Crippen molar-refractivity contribution in [1.29, 1.82) is 0 Å². The van der Waals surface area contributed by atoms with Crippen LogP contribution in [0, 0.1) is 0 Å². The summed E-state index contributed by atoms with van der Waals surface area (Å²) >= 11 is 0. The molecule has 2 rings (SSSR count). The van der Waals surface area contributed by atoms with Gasteiger partial charge in [-0.3, -0.25) is 4.99 Å². The minimum atomic E-state index is -2.91. The number of nitrogens with zero attached hydrogens (tertiary/aromatic N) is 1. The van der Waals surface area contributed by atoms with Gasteiger partial charge < -0.3 is 29.6 Å². The number of hydrogen-bond donors (Lipinski definition) is 2. The van der Waals surface area contributed by atoms with Crippen molar-refractivity contribution in [2.45, 2.75) is 26.6 Å². The highest BCUT2D eigenvalue weighted by atomic mass is 19.3. The number of halogens is 2. The zero-order valence-corrected chi connectivity index (χ0v) is 17.5. The van der Waals surface area contributed by atoms with Crippen molar-refractivity contribution in [1.82, 2.24) is 10.6 Å². The van der Waals surface area contributed by atoms with E-state index in [1.165, 1.54) is 6.07 Å². The monoisotopic (exact) mass is 423 g/mol. The third kappa shape index (κ3) is 6.68. The van der Waals surface area contributed by atoms with Gasteiger partial charge >= 0.3 is 6.61 Å². The minimum absolute atomic E-state index is 0.00436. The number of guanidine groups is 1. The molecule has 0 spiro atoms. The number of hydrogen-bond acceptors (Lipinski definition) is 5. The summed E-state index contributed by atoms with van der Waals surface area (Å²) < 4.78 is 45.6. The number of methoxy groups -OCH3 is 2. The summed E-state index contributed by atoms with van der Waals surface area (Å²) in [5.41, 5.74) is 1.76. The number of alkyl halides is 2. The summed E-state index contributed by atoms with van der Waals surface area (Å²) in [5, 5.41) is 6.38. The second kappa shape index (κ2) is 11.7. The molecule has 0 fully saturated rings. The largest absolute Gasteiger partial charge is 0.497 e. The van der Waals surface area contributed by atoms with Gasteiger partial charge in [-0.05, 0) is 36.8 Å². The van der Waals surface area contributed by atoms with Gasteiger partial charge in [0.25, 0.3) is 0 Å². The highest BCUT2D eigenvalue weighted by molar-refractivity contribution is 5.79. The van der Waals surface area contributed by atoms with Gasteiger partial charge in [-0.25, -0.2) is 0 Å². The smallest absolute Gasteiger partial charge is 0.387 e. The molecule has 0 heterocycles. The molecule has 0 radical (unpaired) electrons. The fourth-order valence-corrected chi connectivity index (χ4v) is 2.71. The summed E-state index contributed by atoms with van der Waals surface area (Å²) in [6.45, 7) is 0.0953. The van der Waals surface area contributed by atoms with E-state index in [1.807, 2.05) is 18.2 Å². The van der Waals surface area contributed by atoms with Crippen LogP contribution < -0.4 is 29.6 Å². The lowest BCUT2D eigenvalue weighted by molar-refractivity contribution is -0.0514. The van der Waals surface area contributed by atoms with Crippen molar-refractivity contribution >= 4 is 5.96 Å². The lowest BCUT2D eigenvalue weighted by atomic mass is 10.2. The molecule has 7 nitrogen and oxygen atoms in total. The molecular formula is C21H27F2N3O4. The Labute approximate surface area is 175 Å². The van der Waals surface area contributed by atoms with Gasteiger partial charge in [0.2, 0.25) is 0 Å². The number of nitrogens with one attached hydrogen (secondary N) is 2. The van der Waals surface area contributed by atoms with Crippen molar-refractivity contribution in [2.75, 3.05) is 27.9 Å². The van der Waals surface area contributed by atoms with E-state index in [-0.39, 0.29) is 11.5 Å². The average Bonchev–Trinajstić information content (AvgIpc) is 2.75. The Hall–Kier alpha value is -3.23. The molecule has 2 aromatic carbocycles. The van der Waals surface area contributed by atoms with Crippen molar-refractivity contribution in [3.05, 3.63) is 47.5 Å². The Balaban J connectivity index is 1.99. The van der Waals surface area contributed by atoms with Gasteiger partial charge in [0.1, 0.15) is 11.5 Å². The zero-order chi connectivity index (χ0) is 21.9. The van der Waals surface area contributed by atoms with Crippen molar-refractivity contribution in [3.8, 4) is 23.0 Å². The maximum Gasteiger partial charge on any atom is 0.387 e. The molecule has 2 N–H and O–H groups in total. The molecule has 0 aliphatic heterocycles. The van der Waals surface area contributed by atoms with Crippen LogP contribution in [0.25, 0.3) is 0 Å². The van der Waals surface area contributed by atoms with Gasteiger partial charge in [0.05, 0.1) is 20.8 Å². The van der Waals surface area contributed by atoms with E-state index >= 15 is 0 Å². The molecule has 0 bridgehead atoms. The minimum Gasteiger partial charge on any atom is -0.497 e. The van der Waals surface area contributed by atoms with E-state index in [0.29, 0.717) is 37.2 Å². The first-order chi connectivity index (χ1) is 14.5. The van der Waals surface area contributed by atoms with E-state index in [0.717, 1.165) is 11.1 Å². The summed E-state index contributed by atoms with van der Waals surface area (Å²) in [6, 6.07) is 10.4. The van der Waals surface area contributed by atoms with Crippen molar-refractivity contribution < 1.29 is 27.7 Å². The van der Waals surface area contributed by atoms with Crippen molar-refractivity contribution in [2.24, 2.45) is 4.99 Å². The van der Waals surface area contributed by atoms with Gasteiger partial charge in [-0.1, -0.05) is 6.07 Å². The van der Waals surface area contributed by atoms with Crippen LogP contribution in [-0.2, 0) is 13.1 Å². The third-order valence-corrected chi connectivity index (χ3v) is 4.15. The lowest BCUT2D eigenvalue weighted by Crippen LogP contribution is -2.36. The predicted molar refractivity (Wildman–Crippen MR) is 111 cm³/mol. The molecule has 30 heavy (non-hydrogen) atoms. The van der Waals surface area contributed by atoms with Gasteiger partial charge in [0.15, 0.2) is 17.5 Å². The van der Waals surface area contributed by atoms with E-state index < -0.39 is 6.61 Å². The molecule has 0 saturated heterocycles. The molecule has 0 atom stereocenters. The normalized spacial score (nSPS) is 11.2. The SMILES string of the molecule is CCOc1cc(CNC(=NC)NCc2ccc(OC)cc2OC)ccc1OC(F)F. The molecule has 0 amide bonds. The van der Waals surface area contributed by atoms with Gasteiger partial charge in [-0.2, -0.15) is 8.78 Å². The summed E-state index contributed by atoms with van der Waals surface area (Å²) in [4.78, 5) is 4.20. The highest BCUT2D eigenvalue weighted by Crippen LogP contribution is 2.30. The van der Waals surface area contributed by atoms with Crippen LogP contribution in [0.15, 0.2) is 41.4 Å². The molecular weight excluding hydrogens is 396 g/mol. The average molecular weight is 423 g/mol. The number of ether oxygens (including phenoxy) is 4. The quantitative estimate of drug-likeness (QED) is 0.450. The standard InChI is InChI=1S/C21H27F2N3O4/c1-5-29-19-10-14(6-9-17(19)30-20(22)23)12-25-21(24-2)26-13-15-7-8-16(27-3)11-18(15)28-4/h6-11,20H,5,12-13H2,1-4H3,(H2,24,25,26). The molecule has 9 heteroatoms. The summed E-state index contributed by atoms with van der Waals surface area (Å²) in [6.07, 6.45) is 0. The Bertz CT molecular complexity index is 847. The Kier molecular flexibility index (Phi) is 8.99. The fourth-order valence-electron chi connectivity index (χ4n) is 2.71. The van der Waals surface area contributed by atoms with Crippen LogP contribution in [0.5, 0.6) is 23.0 Å². The van der Waals surface area contributed by atoms with E-state index in [4.69, 9.17) is 14.2 Å². The van der Waals surface area contributed by atoms with Gasteiger partial charge in [-0.15, -0.1) is 0 Å². The molecule has 0 aliphatic rings. The van der Waals surface area contributed by atoms with Crippen LogP contribution in [0.2, 0.25) is 0 Å². The van der Waals surface area contributed by atoms with Crippen LogP contribution in [-0.4, -0.2) is 40.4 Å². The number of rotatable bonds is 10. The van der Waals surface area contributed by atoms with Gasteiger partial charge in [0, 0.05) is 31.8 Å².